The number of nitro groups is 1. The molecule has 1 fully saturated rings. The molecule has 1 aromatic carbocycles. The molecule has 1 aliphatic rings. The third kappa shape index (κ3) is 2.69. The molecule has 1 heterocycles. The maximum Gasteiger partial charge on any atom is 0.285 e. The zero-order valence-electron chi connectivity index (χ0n) is 10.1. The average Bonchev–Trinajstić information content (AvgIpc) is 2.41. The lowest BCUT2D eigenvalue weighted by atomic mass is 10.1. The van der Waals surface area contributed by atoms with Crippen LogP contribution in [0.2, 0.25) is 0 Å². The zero-order valence-corrected chi connectivity index (χ0v) is 10.1. The van der Waals surface area contributed by atoms with Crippen LogP contribution in [0.25, 0.3) is 0 Å². The number of amides is 1. The Morgan fingerprint density at radius 2 is 1.74 bits per heavy atom. The Morgan fingerprint density at radius 1 is 1.16 bits per heavy atom. The number of benzene rings is 1. The second kappa shape index (κ2) is 5.29. The first kappa shape index (κ1) is 13.4. The fourth-order valence-corrected chi connectivity index (χ4v) is 2.13. The van der Waals surface area contributed by atoms with Gasteiger partial charge in [-0.15, -0.1) is 0 Å². The number of carbonyl (C=O) groups is 1. The molecule has 102 valence electrons. The van der Waals surface area contributed by atoms with Crippen molar-refractivity contribution in [1.82, 2.24) is 4.90 Å². The quantitative estimate of drug-likeness (QED) is 0.612. The van der Waals surface area contributed by atoms with Gasteiger partial charge in [0.05, 0.1) is 11.0 Å². The molecule has 0 unspecified atom stereocenters. The third-order valence-electron chi connectivity index (χ3n) is 3.11. The highest BCUT2D eigenvalue weighted by atomic mass is 19.2. The second-order valence-corrected chi connectivity index (χ2v) is 4.39. The highest BCUT2D eigenvalue weighted by Gasteiger charge is 2.28. The Kier molecular flexibility index (Phi) is 3.73. The molecule has 0 aliphatic carbocycles. The molecule has 0 spiro atoms. The maximum atomic E-state index is 13.2. The molecule has 0 aromatic heterocycles. The largest absolute Gasteiger partial charge is 0.338 e. The van der Waals surface area contributed by atoms with E-state index >= 15 is 0 Å². The van der Waals surface area contributed by atoms with Crippen LogP contribution >= 0.6 is 0 Å². The van der Waals surface area contributed by atoms with Crippen LogP contribution < -0.4 is 0 Å². The van der Waals surface area contributed by atoms with Gasteiger partial charge in [0.15, 0.2) is 11.6 Å². The average molecular weight is 270 g/mol. The molecule has 1 aliphatic heterocycles. The van der Waals surface area contributed by atoms with Crippen molar-refractivity contribution >= 4 is 11.6 Å². The molecular weight excluding hydrogens is 258 g/mol. The Hall–Kier alpha value is -2.05. The number of rotatable bonds is 2. The molecule has 2 rings (SSSR count). The standard InChI is InChI=1S/C12H12F2N2O3/c13-9-6-8(11(16(18)19)7-10(9)14)12(17)15-4-2-1-3-5-15/h6-7H,1-5H2. The predicted octanol–water partition coefficient (Wildman–Crippen LogP) is 2.50. The molecule has 0 bridgehead atoms. The monoisotopic (exact) mass is 270 g/mol. The maximum absolute atomic E-state index is 13.2. The van der Waals surface area contributed by atoms with Crippen LogP contribution in [0.1, 0.15) is 29.6 Å². The van der Waals surface area contributed by atoms with Gasteiger partial charge >= 0.3 is 0 Å². The van der Waals surface area contributed by atoms with Crippen LogP contribution in [0, 0.1) is 21.7 Å². The van der Waals surface area contributed by atoms with Crippen LogP contribution in [0.5, 0.6) is 0 Å². The topological polar surface area (TPSA) is 63.4 Å². The Morgan fingerprint density at radius 3 is 2.32 bits per heavy atom. The normalized spacial score (nSPS) is 15.4. The van der Waals surface area contributed by atoms with Gasteiger partial charge in [-0.1, -0.05) is 0 Å². The number of halogens is 2. The van der Waals surface area contributed by atoms with Crippen molar-refractivity contribution in [3.05, 3.63) is 39.4 Å². The summed E-state index contributed by atoms with van der Waals surface area (Å²) < 4.78 is 26.2. The SMILES string of the molecule is O=C(c1cc(F)c(F)cc1[N+](=O)[O-])N1CCCCC1. The summed E-state index contributed by atoms with van der Waals surface area (Å²) in [5.74, 6) is -3.21. The van der Waals surface area contributed by atoms with E-state index in [1.165, 1.54) is 4.90 Å². The summed E-state index contributed by atoms with van der Waals surface area (Å²) in [6.07, 6.45) is 2.61. The van der Waals surface area contributed by atoms with E-state index in [9.17, 15) is 23.7 Å². The van der Waals surface area contributed by atoms with Crippen molar-refractivity contribution in [1.29, 1.82) is 0 Å². The summed E-state index contributed by atoms with van der Waals surface area (Å²) in [7, 11) is 0. The first-order valence-corrected chi connectivity index (χ1v) is 5.93. The first-order chi connectivity index (χ1) is 9.00. The number of likely N-dealkylation sites (tertiary alicyclic amines) is 1. The zero-order chi connectivity index (χ0) is 14.0. The fourth-order valence-electron chi connectivity index (χ4n) is 2.13. The third-order valence-corrected chi connectivity index (χ3v) is 3.11. The summed E-state index contributed by atoms with van der Waals surface area (Å²) in [6, 6.07) is 1.05. The number of piperidine rings is 1. The number of hydrogen-bond donors (Lipinski definition) is 0. The Bertz CT molecular complexity index is 528. The van der Waals surface area contributed by atoms with Crippen molar-refractivity contribution in [2.24, 2.45) is 0 Å². The van der Waals surface area contributed by atoms with Gasteiger partial charge in [0.2, 0.25) is 0 Å². The molecule has 1 saturated heterocycles. The molecule has 7 heteroatoms. The fraction of sp³-hybridized carbons (Fsp3) is 0.417. The smallest absolute Gasteiger partial charge is 0.285 e. The lowest BCUT2D eigenvalue weighted by Gasteiger charge is -2.26. The Balaban J connectivity index is 2.39. The number of hydrogen-bond acceptors (Lipinski definition) is 3. The lowest BCUT2D eigenvalue weighted by molar-refractivity contribution is -0.385. The van der Waals surface area contributed by atoms with Crippen molar-refractivity contribution in [3.8, 4) is 0 Å². The minimum Gasteiger partial charge on any atom is -0.338 e. The first-order valence-electron chi connectivity index (χ1n) is 5.93. The van der Waals surface area contributed by atoms with Gasteiger partial charge in [0.1, 0.15) is 5.56 Å². The predicted molar refractivity (Wildman–Crippen MR) is 62.8 cm³/mol. The van der Waals surface area contributed by atoms with Crippen LogP contribution in [-0.2, 0) is 0 Å². The number of nitrogens with zero attached hydrogens (tertiary/aromatic N) is 2. The van der Waals surface area contributed by atoms with Crippen LogP contribution in [-0.4, -0.2) is 28.8 Å². The molecule has 1 amide bonds. The van der Waals surface area contributed by atoms with E-state index in [0.29, 0.717) is 25.2 Å². The van der Waals surface area contributed by atoms with E-state index in [-0.39, 0.29) is 0 Å². The van der Waals surface area contributed by atoms with E-state index in [1.54, 1.807) is 0 Å². The van der Waals surface area contributed by atoms with E-state index in [2.05, 4.69) is 0 Å². The Labute approximate surface area is 108 Å². The summed E-state index contributed by atoms with van der Waals surface area (Å²) in [5, 5.41) is 10.8. The summed E-state index contributed by atoms with van der Waals surface area (Å²) in [6.45, 7) is 0.962. The molecule has 0 radical (unpaired) electrons. The van der Waals surface area contributed by atoms with Crippen LogP contribution in [0.4, 0.5) is 14.5 Å². The van der Waals surface area contributed by atoms with Gasteiger partial charge in [-0.3, -0.25) is 14.9 Å². The van der Waals surface area contributed by atoms with Crippen molar-refractivity contribution in [3.63, 3.8) is 0 Å². The molecule has 5 nitrogen and oxygen atoms in total. The van der Waals surface area contributed by atoms with Gasteiger partial charge in [-0.05, 0) is 25.3 Å². The van der Waals surface area contributed by atoms with E-state index < -0.39 is 33.7 Å². The second-order valence-electron chi connectivity index (χ2n) is 4.39. The molecule has 0 atom stereocenters. The van der Waals surface area contributed by atoms with Crippen molar-refractivity contribution in [2.75, 3.05) is 13.1 Å². The van der Waals surface area contributed by atoms with Crippen molar-refractivity contribution in [2.45, 2.75) is 19.3 Å². The molecule has 0 N–H and O–H groups in total. The van der Waals surface area contributed by atoms with Gasteiger partial charge in [0, 0.05) is 13.1 Å². The van der Waals surface area contributed by atoms with E-state index in [1.807, 2.05) is 0 Å². The van der Waals surface area contributed by atoms with E-state index in [4.69, 9.17) is 0 Å². The highest BCUT2D eigenvalue weighted by Crippen LogP contribution is 2.24. The van der Waals surface area contributed by atoms with E-state index in [0.717, 1.165) is 19.3 Å². The minimum absolute atomic E-state index is 0.397. The van der Waals surface area contributed by atoms with Crippen LogP contribution in [0.15, 0.2) is 12.1 Å². The molecule has 0 saturated carbocycles. The van der Waals surface area contributed by atoms with Crippen LogP contribution in [0.3, 0.4) is 0 Å². The number of nitro benzene ring substituents is 1. The minimum atomic E-state index is -1.33. The van der Waals surface area contributed by atoms with Crippen molar-refractivity contribution < 1.29 is 18.5 Å². The van der Waals surface area contributed by atoms with Gasteiger partial charge in [-0.25, -0.2) is 8.78 Å². The summed E-state index contributed by atoms with van der Waals surface area (Å²) in [5.41, 5.74) is -1.10. The summed E-state index contributed by atoms with van der Waals surface area (Å²) in [4.78, 5) is 23.5. The summed E-state index contributed by atoms with van der Waals surface area (Å²) >= 11 is 0. The van der Waals surface area contributed by atoms with Gasteiger partial charge in [0.25, 0.3) is 11.6 Å². The molecule has 1 aromatic rings. The molecular formula is C12H12F2N2O3. The molecule has 19 heavy (non-hydrogen) atoms. The highest BCUT2D eigenvalue weighted by molar-refractivity contribution is 5.98. The van der Waals surface area contributed by atoms with Gasteiger partial charge < -0.3 is 4.90 Å². The lowest BCUT2D eigenvalue weighted by Crippen LogP contribution is -2.36. The number of carbonyl (C=O) groups excluding carboxylic acids is 1. The van der Waals surface area contributed by atoms with Gasteiger partial charge in [-0.2, -0.15) is 0 Å².